The van der Waals surface area contributed by atoms with Crippen molar-refractivity contribution in [1.82, 2.24) is 4.98 Å². The number of hydrogen-bond donors (Lipinski definition) is 3. The summed E-state index contributed by atoms with van der Waals surface area (Å²) < 4.78 is 4.89. The van der Waals surface area contributed by atoms with E-state index in [-0.39, 0.29) is 30.3 Å². The van der Waals surface area contributed by atoms with E-state index in [4.69, 9.17) is 14.6 Å². The van der Waals surface area contributed by atoms with Crippen LogP contribution in [0.25, 0.3) is 0 Å². The van der Waals surface area contributed by atoms with Crippen LogP contribution in [0.2, 0.25) is 0 Å². The van der Waals surface area contributed by atoms with Gasteiger partial charge < -0.3 is 19.9 Å². The molecule has 1 unspecified atom stereocenters. The summed E-state index contributed by atoms with van der Waals surface area (Å²) in [6.45, 7) is 3.78. The number of carbonyl (C=O) groups is 1. The number of hydrogen-bond acceptors (Lipinski definition) is 5. The second-order valence-corrected chi connectivity index (χ2v) is 3.52. The Morgan fingerprint density at radius 2 is 2.33 bits per heavy atom. The summed E-state index contributed by atoms with van der Waals surface area (Å²) in [5.74, 6) is -0.952. The lowest BCUT2D eigenvalue weighted by atomic mass is 10.1. The smallest absolute Gasteiger partial charge is 0.357 e. The Balaban J connectivity index is 2.67. The lowest BCUT2D eigenvalue weighted by molar-refractivity contribution is 0.0690. The van der Waals surface area contributed by atoms with E-state index in [9.17, 15) is 4.79 Å². The van der Waals surface area contributed by atoms with Gasteiger partial charge in [0.2, 0.25) is 0 Å². The molecule has 6 nitrogen and oxygen atoms in total. The Labute approximate surface area is 86.9 Å². The zero-order valence-corrected chi connectivity index (χ0v) is 8.60. The maximum Gasteiger partial charge on any atom is 0.357 e. The molecule has 1 aromatic rings. The van der Waals surface area contributed by atoms with Gasteiger partial charge in [-0.25, -0.2) is 4.79 Å². The van der Waals surface area contributed by atoms with Gasteiger partial charge in [0.25, 0.3) is 6.01 Å². The number of nitrogens with zero attached hydrogens (tertiary/aromatic N) is 1. The van der Waals surface area contributed by atoms with Crippen LogP contribution in [-0.2, 0) is 0 Å². The fourth-order valence-electron chi connectivity index (χ4n) is 1.02. The van der Waals surface area contributed by atoms with Gasteiger partial charge in [-0.1, -0.05) is 13.8 Å². The van der Waals surface area contributed by atoms with Gasteiger partial charge in [0.15, 0.2) is 5.69 Å². The number of anilines is 1. The first-order valence-corrected chi connectivity index (χ1v) is 4.60. The van der Waals surface area contributed by atoms with Crippen LogP contribution in [0, 0.1) is 5.92 Å². The third kappa shape index (κ3) is 2.95. The van der Waals surface area contributed by atoms with Crippen LogP contribution in [0.5, 0.6) is 0 Å². The van der Waals surface area contributed by atoms with Crippen molar-refractivity contribution in [3.63, 3.8) is 0 Å². The fraction of sp³-hybridized carbons (Fsp3) is 0.556. The summed E-state index contributed by atoms with van der Waals surface area (Å²) in [4.78, 5) is 14.2. The number of carboxylic acids is 1. The van der Waals surface area contributed by atoms with Crippen LogP contribution < -0.4 is 5.32 Å². The molecule has 0 spiro atoms. The summed E-state index contributed by atoms with van der Waals surface area (Å²) in [6, 6.07) is -0.0922. The number of aliphatic hydroxyl groups excluding tert-OH is 1. The predicted octanol–water partition coefficient (Wildman–Crippen LogP) is 0.802. The Morgan fingerprint density at radius 1 is 1.67 bits per heavy atom. The van der Waals surface area contributed by atoms with Crippen molar-refractivity contribution in [2.75, 3.05) is 11.9 Å². The molecule has 0 amide bonds. The number of aromatic carboxylic acids is 1. The Morgan fingerprint density at radius 3 is 2.73 bits per heavy atom. The highest BCUT2D eigenvalue weighted by molar-refractivity contribution is 5.85. The monoisotopic (exact) mass is 214 g/mol. The van der Waals surface area contributed by atoms with Crippen molar-refractivity contribution in [2.24, 2.45) is 5.92 Å². The summed E-state index contributed by atoms with van der Waals surface area (Å²) in [7, 11) is 0. The molecule has 15 heavy (non-hydrogen) atoms. The molecule has 0 saturated carbocycles. The highest BCUT2D eigenvalue weighted by Gasteiger charge is 2.16. The Kier molecular flexibility index (Phi) is 3.68. The van der Waals surface area contributed by atoms with Crippen molar-refractivity contribution in [1.29, 1.82) is 0 Å². The molecule has 0 aromatic carbocycles. The molecule has 6 heteroatoms. The molecule has 0 fully saturated rings. The van der Waals surface area contributed by atoms with E-state index in [1.54, 1.807) is 0 Å². The lowest BCUT2D eigenvalue weighted by Crippen LogP contribution is -2.29. The SMILES string of the molecule is CC(C)C(CO)Nc1nc(C(=O)O)co1. The topological polar surface area (TPSA) is 95.6 Å². The molecule has 84 valence electrons. The summed E-state index contributed by atoms with van der Waals surface area (Å²) in [6.07, 6.45) is 1.05. The molecular formula is C9H14N2O4. The van der Waals surface area contributed by atoms with Crippen LogP contribution in [0.3, 0.4) is 0 Å². The van der Waals surface area contributed by atoms with Gasteiger partial charge in [-0.15, -0.1) is 0 Å². The minimum atomic E-state index is -1.14. The largest absolute Gasteiger partial charge is 0.476 e. The molecule has 1 aromatic heterocycles. The highest BCUT2D eigenvalue weighted by Crippen LogP contribution is 2.12. The van der Waals surface area contributed by atoms with Crippen molar-refractivity contribution >= 4 is 12.0 Å². The van der Waals surface area contributed by atoms with Gasteiger partial charge >= 0.3 is 5.97 Å². The first-order chi connectivity index (χ1) is 7.04. The van der Waals surface area contributed by atoms with Crippen molar-refractivity contribution < 1.29 is 19.4 Å². The van der Waals surface area contributed by atoms with Crippen molar-refractivity contribution in [3.8, 4) is 0 Å². The highest BCUT2D eigenvalue weighted by atomic mass is 16.4. The van der Waals surface area contributed by atoms with E-state index in [1.807, 2.05) is 13.8 Å². The summed E-state index contributed by atoms with van der Waals surface area (Å²) >= 11 is 0. The molecule has 1 rings (SSSR count). The number of aliphatic hydroxyl groups is 1. The standard InChI is InChI=1S/C9H14N2O4/c1-5(2)6(3-12)10-9-11-7(4-15-9)8(13)14/h4-6,12H,3H2,1-2H3,(H,10,11)(H,13,14). The van der Waals surface area contributed by atoms with E-state index in [0.717, 1.165) is 6.26 Å². The molecule has 1 atom stereocenters. The normalized spacial score (nSPS) is 12.8. The predicted molar refractivity (Wildman–Crippen MR) is 52.8 cm³/mol. The zero-order chi connectivity index (χ0) is 11.4. The third-order valence-corrected chi connectivity index (χ3v) is 2.03. The summed E-state index contributed by atoms with van der Waals surface area (Å²) in [5.41, 5.74) is -0.155. The maximum atomic E-state index is 10.5. The van der Waals surface area contributed by atoms with E-state index >= 15 is 0 Å². The van der Waals surface area contributed by atoms with Crippen LogP contribution in [0.1, 0.15) is 24.3 Å². The van der Waals surface area contributed by atoms with Crippen molar-refractivity contribution in [2.45, 2.75) is 19.9 Å². The molecule has 0 aliphatic carbocycles. The molecule has 0 aliphatic rings. The number of carboxylic acid groups (broad SMARTS) is 1. The number of aromatic nitrogens is 1. The number of rotatable bonds is 5. The van der Waals surface area contributed by atoms with Gasteiger partial charge in [-0.05, 0) is 5.92 Å². The Bertz CT molecular complexity index is 335. The van der Waals surface area contributed by atoms with E-state index in [2.05, 4.69) is 10.3 Å². The molecule has 3 N–H and O–H groups in total. The molecule has 0 radical (unpaired) electrons. The molecule has 0 bridgehead atoms. The van der Waals surface area contributed by atoms with Gasteiger partial charge in [0.05, 0.1) is 12.6 Å². The van der Waals surface area contributed by atoms with Crippen LogP contribution in [0.15, 0.2) is 10.7 Å². The Hall–Kier alpha value is -1.56. The summed E-state index contributed by atoms with van der Waals surface area (Å²) in [5, 5.41) is 20.4. The molecule has 1 heterocycles. The third-order valence-electron chi connectivity index (χ3n) is 2.03. The van der Waals surface area contributed by atoms with Crippen LogP contribution in [0.4, 0.5) is 6.01 Å². The van der Waals surface area contributed by atoms with Crippen LogP contribution >= 0.6 is 0 Å². The average molecular weight is 214 g/mol. The second-order valence-electron chi connectivity index (χ2n) is 3.52. The molecular weight excluding hydrogens is 200 g/mol. The van der Waals surface area contributed by atoms with Gasteiger partial charge in [-0.3, -0.25) is 0 Å². The van der Waals surface area contributed by atoms with Crippen molar-refractivity contribution in [3.05, 3.63) is 12.0 Å². The minimum absolute atomic E-state index is 0.0670. The van der Waals surface area contributed by atoms with Gasteiger partial charge in [0, 0.05) is 0 Å². The number of oxazole rings is 1. The van der Waals surface area contributed by atoms with E-state index in [1.165, 1.54) is 0 Å². The van der Waals surface area contributed by atoms with Gasteiger partial charge in [0.1, 0.15) is 6.26 Å². The van der Waals surface area contributed by atoms with Crippen LogP contribution in [-0.4, -0.2) is 33.8 Å². The van der Waals surface area contributed by atoms with Gasteiger partial charge in [-0.2, -0.15) is 4.98 Å². The average Bonchev–Trinajstić information content (AvgIpc) is 2.61. The first kappa shape index (κ1) is 11.5. The maximum absolute atomic E-state index is 10.5. The molecule has 0 saturated heterocycles. The quantitative estimate of drug-likeness (QED) is 0.671. The fourth-order valence-corrected chi connectivity index (χ4v) is 1.02. The second kappa shape index (κ2) is 4.79. The van der Waals surface area contributed by atoms with E-state index in [0.29, 0.717) is 0 Å². The van der Waals surface area contributed by atoms with E-state index < -0.39 is 5.97 Å². The number of nitrogens with one attached hydrogen (secondary N) is 1. The first-order valence-electron chi connectivity index (χ1n) is 4.60. The molecule has 0 aliphatic heterocycles. The minimum Gasteiger partial charge on any atom is -0.476 e. The lowest BCUT2D eigenvalue weighted by Gasteiger charge is -2.18. The zero-order valence-electron chi connectivity index (χ0n) is 8.60.